The lowest BCUT2D eigenvalue weighted by atomic mass is 10.1. The topological polar surface area (TPSA) is 53.1 Å². The van der Waals surface area contributed by atoms with Gasteiger partial charge in [0.2, 0.25) is 5.95 Å². The molecule has 3 aromatic rings. The third-order valence-electron chi connectivity index (χ3n) is 2.98. The lowest BCUT2D eigenvalue weighted by Gasteiger charge is -2.01. The number of para-hydroxylation sites is 2. The minimum absolute atomic E-state index is 0.641. The Balaban J connectivity index is 1.80. The maximum atomic E-state index is 4.41. The average Bonchev–Trinajstić information content (AvgIpc) is 2.88. The largest absolute Gasteiger partial charge is 0.323 e. The van der Waals surface area contributed by atoms with E-state index in [2.05, 4.69) is 36.4 Å². The number of aromatic nitrogens is 2. The van der Waals surface area contributed by atoms with Crippen molar-refractivity contribution in [3.8, 4) is 0 Å². The fraction of sp³-hybridized carbons (Fsp3) is 0.0667. The van der Waals surface area contributed by atoms with Gasteiger partial charge in [0.25, 0.3) is 0 Å². The highest BCUT2D eigenvalue weighted by Gasteiger charge is 2.01. The summed E-state index contributed by atoms with van der Waals surface area (Å²) in [5, 5.41) is 4.35. The number of benzene rings is 2. The number of nitrogens with zero attached hydrogens (tertiary/aromatic N) is 2. The molecule has 1 aromatic heterocycles. The number of hydrogen-bond donors (Lipinski definition) is 2. The Hall–Kier alpha value is -2.14. The lowest BCUT2D eigenvalue weighted by Crippen LogP contribution is -2.00. The van der Waals surface area contributed by atoms with E-state index in [0.717, 1.165) is 26.8 Å². The molecule has 0 bridgehead atoms. The molecule has 2 N–H and O–H groups in total. The van der Waals surface area contributed by atoms with Crippen LogP contribution < -0.4 is 5.43 Å². The monoisotopic (exact) mass is 328 g/mol. The van der Waals surface area contributed by atoms with Crippen LogP contribution in [0.5, 0.6) is 0 Å². The van der Waals surface area contributed by atoms with Crippen molar-refractivity contribution in [2.45, 2.75) is 6.92 Å². The second-order valence-corrected chi connectivity index (χ2v) is 5.33. The fourth-order valence-corrected chi connectivity index (χ4v) is 2.16. The first-order valence-corrected chi connectivity index (χ1v) is 7.03. The molecule has 0 saturated heterocycles. The van der Waals surface area contributed by atoms with Gasteiger partial charge in [-0.25, -0.2) is 10.4 Å². The van der Waals surface area contributed by atoms with Crippen molar-refractivity contribution >= 4 is 38.6 Å². The van der Waals surface area contributed by atoms with Crippen molar-refractivity contribution in [2.75, 3.05) is 5.43 Å². The molecule has 0 aliphatic rings. The summed E-state index contributed by atoms with van der Waals surface area (Å²) >= 11 is 3.42. The first-order valence-electron chi connectivity index (χ1n) is 6.23. The highest BCUT2D eigenvalue weighted by molar-refractivity contribution is 9.10. The van der Waals surface area contributed by atoms with Gasteiger partial charge >= 0.3 is 0 Å². The molecular weight excluding hydrogens is 316 g/mol. The Bertz CT molecular complexity index is 726. The number of H-pyrrole nitrogens is 1. The van der Waals surface area contributed by atoms with Gasteiger partial charge in [0.1, 0.15) is 0 Å². The summed E-state index contributed by atoms with van der Waals surface area (Å²) in [5.41, 5.74) is 6.84. The molecule has 0 saturated carbocycles. The Morgan fingerprint density at radius 2 is 1.90 bits per heavy atom. The number of imidazole rings is 1. The van der Waals surface area contributed by atoms with Crippen LogP contribution in [0.3, 0.4) is 0 Å². The molecule has 20 heavy (non-hydrogen) atoms. The molecule has 0 aliphatic heterocycles. The van der Waals surface area contributed by atoms with Crippen LogP contribution in [0, 0.1) is 0 Å². The molecule has 5 heteroatoms. The van der Waals surface area contributed by atoms with Gasteiger partial charge in [-0.05, 0) is 36.8 Å². The van der Waals surface area contributed by atoms with Crippen LogP contribution >= 0.6 is 15.9 Å². The normalized spacial score (nSPS) is 11.8. The summed E-state index contributed by atoms with van der Waals surface area (Å²) in [5.74, 6) is 0.641. The molecule has 2 aromatic carbocycles. The van der Waals surface area contributed by atoms with Crippen molar-refractivity contribution in [1.82, 2.24) is 9.97 Å². The summed E-state index contributed by atoms with van der Waals surface area (Å²) in [6.07, 6.45) is 0. The number of halogens is 1. The molecule has 0 spiro atoms. The Morgan fingerprint density at radius 1 is 1.15 bits per heavy atom. The van der Waals surface area contributed by atoms with E-state index >= 15 is 0 Å². The quantitative estimate of drug-likeness (QED) is 0.560. The van der Waals surface area contributed by atoms with E-state index in [0.29, 0.717) is 5.95 Å². The van der Waals surface area contributed by atoms with Crippen LogP contribution in [0.1, 0.15) is 12.5 Å². The van der Waals surface area contributed by atoms with E-state index in [4.69, 9.17) is 0 Å². The molecule has 0 fully saturated rings. The molecular formula is C15H13BrN4. The minimum atomic E-state index is 0.641. The van der Waals surface area contributed by atoms with Crippen molar-refractivity contribution in [1.29, 1.82) is 0 Å². The number of hydrogen-bond acceptors (Lipinski definition) is 3. The van der Waals surface area contributed by atoms with Gasteiger partial charge in [-0.2, -0.15) is 5.10 Å². The first kappa shape index (κ1) is 12.9. The van der Waals surface area contributed by atoms with E-state index in [1.165, 1.54) is 0 Å². The van der Waals surface area contributed by atoms with Crippen LogP contribution in [0.2, 0.25) is 0 Å². The number of nitrogens with one attached hydrogen (secondary N) is 2. The SMILES string of the molecule is CC(=NNc1nc2ccccc2[nH]1)c1ccc(Br)cc1. The molecule has 0 aliphatic carbocycles. The zero-order valence-electron chi connectivity index (χ0n) is 10.9. The molecule has 0 atom stereocenters. The molecule has 1 heterocycles. The Kier molecular flexibility index (Phi) is 3.52. The predicted octanol–water partition coefficient (Wildman–Crippen LogP) is 4.16. The Labute approximate surface area is 125 Å². The average molecular weight is 329 g/mol. The number of aromatic amines is 1. The van der Waals surface area contributed by atoms with Crippen molar-refractivity contribution in [2.24, 2.45) is 5.10 Å². The van der Waals surface area contributed by atoms with Gasteiger partial charge in [-0.15, -0.1) is 0 Å². The third kappa shape index (κ3) is 2.72. The summed E-state index contributed by atoms with van der Waals surface area (Å²) in [6, 6.07) is 15.9. The highest BCUT2D eigenvalue weighted by Crippen LogP contribution is 2.14. The van der Waals surface area contributed by atoms with Gasteiger partial charge in [0.05, 0.1) is 16.7 Å². The molecule has 0 radical (unpaired) electrons. The second kappa shape index (κ2) is 5.46. The van der Waals surface area contributed by atoms with Gasteiger partial charge in [0.15, 0.2) is 0 Å². The fourth-order valence-electron chi connectivity index (χ4n) is 1.90. The second-order valence-electron chi connectivity index (χ2n) is 4.42. The van der Waals surface area contributed by atoms with E-state index in [-0.39, 0.29) is 0 Å². The van der Waals surface area contributed by atoms with Crippen LogP contribution in [0.15, 0.2) is 58.1 Å². The molecule has 4 nitrogen and oxygen atoms in total. The summed E-state index contributed by atoms with van der Waals surface area (Å²) < 4.78 is 1.05. The number of hydrazone groups is 1. The summed E-state index contributed by atoms with van der Waals surface area (Å²) in [7, 11) is 0. The van der Waals surface area contributed by atoms with Crippen LogP contribution in [0.25, 0.3) is 11.0 Å². The highest BCUT2D eigenvalue weighted by atomic mass is 79.9. The summed E-state index contributed by atoms with van der Waals surface area (Å²) in [4.78, 5) is 7.59. The third-order valence-corrected chi connectivity index (χ3v) is 3.51. The number of anilines is 1. The molecule has 100 valence electrons. The standard InChI is InChI=1S/C15H13BrN4/c1-10(11-6-8-12(16)9-7-11)19-20-15-17-13-4-2-3-5-14(13)18-15/h2-9H,1H3,(H2,17,18,20). The van der Waals surface area contributed by atoms with Crippen molar-refractivity contribution in [3.63, 3.8) is 0 Å². The van der Waals surface area contributed by atoms with E-state index in [1.807, 2.05) is 55.5 Å². The van der Waals surface area contributed by atoms with Gasteiger partial charge in [0, 0.05) is 4.47 Å². The number of fused-ring (bicyclic) bond motifs is 1. The maximum Gasteiger partial charge on any atom is 0.222 e. The van der Waals surface area contributed by atoms with E-state index < -0.39 is 0 Å². The van der Waals surface area contributed by atoms with Crippen LogP contribution in [0.4, 0.5) is 5.95 Å². The minimum Gasteiger partial charge on any atom is -0.323 e. The first-order chi connectivity index (χ1) is 9.72. The molecule has 0 amide bonds. The van der Waals surface area contributed by atoms with Gasteiger partial charge in [-0.3, -0.25) is 0 Å². The van der Waals surface area contributed by atoms with Crippen molar-refractivity contribution < 1.29 is 0 Å². The zero-order valence-corrected chi connectivity index (χ0v) is 12.5. The van der Waals surface area contributed by atoms with Gasteiger partial charge < -0.3 is 4.98 Å². The molecule has 0 unspecified atom stereocenters. The summed E-state index contributed by atoms with van der Waals surface area (Å²) in [6.45, 7) is 1.96. The Morgan fingerprint density at radius 3 is 2.65 bits per heavy atom. The lowest BCUT2D eigenvalue weighted by molar-refractivity contribution is 1.20. The van der Waals surface area contributed by atoms with Gasteiger partial charge in [-0.1, -0.05) is 40.2 Å². The van der Waals surface area contributed by atoms with E-state index in [9.17, 15) is 0 Å². The van der Waals surface area contributed by atoms with Crippen molar-refractivity contribution in [3.05, 3.63) is 58.6 Å². The molecule has 3 rings (SSSR count). The predicted molar refractivity (Wildman–Crippen MR) is 86.1 cm³/mol. The van der Waals surface area contributed by atoms with Crippen LogP contribution in [-0.2, 0) is 0 Å². The maximum absolute atomic E-state index is 4.41. The van der Waals surface area contributed by atoms with Crippen LogP contribution in [-0.4, -0.2) is 15.7 Å². The number of rotatable bonds is 3. The van der Waals surface area contributed by atoms with E-state index in [1.54, 1.807) is 0 Å². The zero-order chi connectivity index (χ0) is 13.9. The smallest absolute Gasteiger partial charge is 0.222 e.